The predicted molar refractivity (Wildman–Crippen MR) is 90.2 cm³/mol. The van der Waals surface area contributed by atoms with Gasteiger partial charge >= 0.3 is 0 Å². The van der Waals surface area contributed by atoms with Gasteiger partial charge in [0, 0.05) is 18.2 Å². The van der Waals surface area contributed by atoms with E-state index in [-0.39, 0.29) is 34.9 Å². The second-order valence-electron chi connectivity index (χ2n) is 5.94. The van der Waals surface area contributed by atoms with Crippen LogP contribution >= 0.6 is 11.8 Å². The summed E-state index contributed by atoms with van der Waals surface area (Å²) in [7, 11) is 0. The Morgan fingerprint density at radius 2 is 2.13 bits per heavy atom. The highest BCUT2D eigenvalue weighted by atomic mass is 32.2. The number of nitrogens with one attached hydrogen (secondary N) is 2. The van der Waals surface area contributed by atoms with Crippen LogP contribution in [0.15, 0.2) is 10.6 Å². The number of nitrogens with zero attached hydrogens (tertiary/aromatic N) is 1. The van der Waals surface area contributed by atoms with Crippen molar-refractivity contribution in [3.63, 3.8) is 0 Å². The molecule has 0 radical (unpaired) electrons. The number of thioether (sulfide) groups is 1. The molecule has 1 atom stereocenters. The summed E-state index contributed by atoms with van der Waals surface area (Å²) in [4.78, 5) is 24.0. The highest BCUT2D eigenvalue weighted by Crippen LogP contribution is 2.18. The fourth-order valence-electron chi connectivity index (χ4n) is 2.46. The second-order valence-corrected chi connectivity index (χ2v) is 7.27. The summed E-state index contributed by atoms with van der Waals surface area (Å²) < 4.78 is 4.89. The molecule has 23 heavy (non-hydrogen) atoms. The van der Waals surface area contributed by atoms with Gasteiger partial charge in [-0.05, 0) is 39.5 Å². The zero-order valence-corrected chi connectivity index (χ0v) is 14.3. The van der Waals surface area contributed by atoms with Crippen molar-refractivity contribution >= 4 is 29.4 Å². The molecule has 1 aliphatic carbocycles. The van der Waals surface area contributed by atoms with Crippen molar-refractivity contribution in [3.8, 4) is 0 Å². The summed E-state index contributed by atoms with van der Waals surface area (Å²) >= 11 is 1.30. The van der Waals surface area contributed by atoms with Crippen molar-refractivity contribution in [3.05, 3.63) is 11.8 Å². The number of nitrogens with two attached hydrogens (primary N) is 1. The number of rotatable bonds is 6. The fraction of sp³-hybridized carbons (Fsp3) is 0.667. The molecule has 1 aromatic heterocycles. The van der Waals surface area contributed by atoms with E-state index in [4.69, 9.17) is 10.3 Å². The van der Waals surface area contributed by atoms with Gasteiger partial charge in [0.05, 0.1) is 11.0 Å². The third-order valence-electron chi connectivity index (χ3n) is 3.85. The normalized spacial score (nSPS) is 22.4. The van der Waals surface area contributed by atoms with Crippen molar-refractivity contribution in [2.45, 2.75) is 56.9 Å². The second kappa shape index (κ2) is 8.35. The monoisotopic (exact) mass is 340 g/mol. The Balaban J connectivity index is 1.67. The van der Waals surface area contributed by atoms with E-state index in [1.165, 1.54) is 11.8 Å². The van der Waals surface area contributed by atoms with Gasteiger partial charge in [-0.3, -0.25) is 9.59 Å². The third kappa shape index (κ3) is 5.87. The number of aryl methyl sites for hydroxylation is 1. The molecule has 1 unspecified atom stereocenters. The smallest absolute Gasteiger partial charge is 0.238 e. The molecule has 0 aromatic carbocycles. The molecule has 0 bridgehead atoms. The molecular formula is C15H24N4O3S. The zero-order chi connectivity index (χ0) is 16.8. The lowest BCUT2D eigenvalue weighted by molar-refractivity contribution is -0.119. The molecule has 128 valence electrons. The standard InChI is InChI=1S/C15H24N4O3S/c1-9-7-13(19-22-9)18-15(21)10(2)23-8-14(20)17-12-5-3-11(16)4-6-12/h7,10-12H,3-6,8,16H2,1-2H3,(H,17,20)(H,18,19,21). The lowest BCUT2D eigenvalue weighted by Gasteiger charge is -2.26. The minimum Gasteiger partial charge on any atom is -0.360 e. The maximum absolute atomic E-state index is 12.0. The minimum absolute atomic E-state index is 0.0348. The van der Waals surface area contributed by atoms with Crippen LogP contribution in [0.25, 0.3) is 0 Å². The first-order valence-electron chi connectivity index (χ1n) is 7.84. The van der Waals surface area contributed by atoms with Gasteiger partial charge in [0.25, 0.3) is 0 Å². The van der Waals surface area contributed by atoms with E-state index in [2.05, 4.69) is 15.8 Å². The Kier molecular flexibility index (Phi) is 6.47. The van der Waals surface area contributed by atoms with Gasteiger partial charge < -0.3 is 20.9 Å². The maximum Gasteiger partial charge on any atom is 0.238 e. The number of carbonyl (C=O) groups is 2. The molecule has 1 saturated carbocycles. The number of hydrogen-bond donors (Lipinski definition) is 3. The molecule has 1 aromatic rings. The van der Waals surface area contributed by atoms with Crippen LogP contribution in [0.1, 0.15) is 38.4 Å². The van der Waals surface area contributed by atoms with Crippen LogP contribution in [-0.4, -0.2) is 40.1 Å². The molecule has 0 spiro atoms. The lowest BCUT2D eigenvalue weighted by Crippen LogP contribution is -2.41. The molecule has 1 fully saturated rings. The van der Waals surface area contributed by atoms with E-state index in [1.54, 1.807) is 19.9 Å². The number of hydrogen-bond acceptors (Lipinski definition) is 6. The topological polar surface area (TPSA) is 110 Å². The van der Waals surface area contributed by atoms with Gasteiger partial charge in [0.15, 0.2) is 5.82 Å². The van der Waals surface area contributed by atoms with Crippen LogP contribution in [0.2, 0.25) is 0 Å². The van der Waals surface area contributed by atoms with Crippen LogP contribution in [0.5, 0.6) is 0 Å². The van der Waals surface area contributed by atoms with E-state index in [9.17, 15) is 9.59 Å². The molecule has 7 nitrogen and oxygen atoms in total. The molecule has 2 amide bonds. The van der Waals surface area contributed by atoms with Crippen LogP contribution in [0, 0.1) is 6.92 Å². The molecule has 0 saturated heterocycles. The van der Waals surface area contributed by atoms with Gasteiger partial charge in [0.2, 0.25) is 11.8 Å². The Bertz CT molecular complexity index is 541. The van der Waals surface area contributed by atoms with Crippen molar-refractivity contribution in [1.82, 2.24) is 10.5 Å². The summed E-state index contributed by atoms with van der Waals surface area (Å²) in [6, 6.07) is 2.13. The Morgan fingerprint density at radius 3 is 2.74 bits per heavy atom. The molecule has 1 heterocycles. The van der Waals surface area contributed by atoms with Gasteiger partial charge in [-0.15, -0.1) is 11.8 Å². The van der Waals surface area contributed by atoms with Gasteiger partial charge in [-0.1, -0.05) is 5.16 Å². The first-order valence-corrected chi connectivity index (χ1v) is 8.89. The van der Waals surface area contributed by atoms with Gasteiger partial charge in [-0.2, -0.15) is 0 Å². The first kappa shape index (κ1) is 17.8. The highest BCUT2D eigenvalue weighted by molar-refractivity contribution is 8.01. The van der Waals surface area contributed by atoms with E-state index in [1.807, 2.05) is 0 Å². The maximum atomic E-state index is 12.0. The van der Waals surface area contributed by atoms with E-state index in [0.29, 0.717) is 11.6 Å². The largest absolute Gasteiger partial charge is 0.360 e. The number of aromatic nitrogens is 1. The van der Waals surface area contributed by atoms with E-state index in [0.717, 1.165) is 25.7 Å². The van der Waals surface area contributed by atoms with Crippen molar-refractivity contribution in [1.29, 1.82) is 0 Å². The van der Waals surface area contributed by atoms with Crippen LogP contribution < -0.4 is 16.4 Å². The number of amides is 2. The van der Waals surface area contributed by atoms with Crippen LogP contribution in [-0.2, 0) is 9.59 Å². The van der Waals surface area contributed by atoms with Crippen molar-refractivity contribution < 1.29 is 14.1 Å². The van der Waals surface area contributed by atoms with Crippen molar-refractivity contribution in [2.75, 3.05) is 11.1 Å². The summed E-state index contributed by atoms with van der Waals surface area (Å²) in [5.74, 6) is 1.05. The van der Waals surface area contributed by atoms with Crippen molar-refractivity contribution in [2.24, 2.45) is 5.73 Å². The predicted octanol–water partition coefficient (Wildman–Crippen LogP) is 1.43. The Hall–Kier alpha value is -1.54. The minimum atomic E-state index is -0.350. The van der Waals surface area contributed by atoms with Crippen LogP contribution in [0.3, 0.4) is 0 Å². The molecular weight excluding hydrogens is 316 g/mol. The average molecular weight is 340 g/mol. The molecule has 2 rings (SSSR count). The van der Waals surface area contributed by atoms with Gasteiger partial charge in [-0.25, -0.2) is 0 Å². The number of anilines is 1. The Morgan fingerprint density at radius 1 is 1.43 bits per heavy atom. The molecule has 1 aliphatic rings. The average Bonchev–Trinajstić information content (AvgIpc) is 2.92. The molecule has 8 heteroatoms. The highest BCUT2D eigenvalue weighted by Gasteiger charge is 2.21. The van der Waals surface area contributed by atoms with Crippen LogP contribution in [0.4, 0.5) is 5.82 Å². The quantitative estimate of drug-likeness (QED) is 0.722. The lowest BCUT2D eigenvalue weighted by atomic mass is 9.92. The SMILES string of the molecule is Cc1cc(NC(=O)C(C)SCC(=O)NC2CCC(N)CC2)no1. The summed E-state index contributed by atoms with van der Waals surface area (Å²) in [5, 5.41) is 9.04. The number of carbonyl (C=O) groups excluding carboxylic acids is 2. The zero-order valence-electron chi connectivity index (χ0n) is 13.5. The Labute approximate surface area is 140 Å². The van der Waals surface area contributed by atoms with E-state index < -0.39 is 0 Å². The van der Waals surface area contributed by atoms with E-state index >= 15 is 0 Å². The summed E-state index contributed by atoms with van der Waals surface area (Å²) in [6.07, 6.45) is 3.76. The molecule has 4 N–H and O–H groups in total. The third-order valence-corrected chi connectivity index (χ3v) is 4.99. The fourth-order valence-corrected chi connectivity index (χ4v) is 3.16. The molecule has 0 aliphatic heterocycles. The summed E-state index contributed by atoms with van der Waals surface area (Å²) in [5.41, 5.74) is 5.85. The van der Waals surface area contributed by atoms with Gasteiger partial charge in [0.1, 0.15) is 5.76 Å². The summed E-state index contributed by atoms with van der Waals surface area (Å²) in [6.45, 7) is 3.52. The first-order chi connectivity index (χ1) is 10.9.